The Hall–Kier alpha value is -3.29. The smallest absolute Gasteiger partial charge is 0.265 e. The molecule has 27 heavy (non-hydrogen) atoms. The highest BCUT2D eigenvalue weighted by Gasteiger charge is 2.29. The Bertz CT molecular complexity index is 1110. The van der Waals surface area contributed by atoms with Gasteiger partial charge in [0, 0.05) is 14.1 Å². The summed E-state index contributed by atoms with van der Waals surface area (Å²) in [6, 6.07) is 4.56. The number of aryl methyl sites for hydroxylation is 1. The lowest BCUT2D eigenvalue weighted by atomic mass is 10.1. The van der Waals surface area contributed by atoms with Crippen LogP contribution in [0.15, 0.2) is 35.5 Å². The maximum atomic E-state index is 12.9. The molecule has 0 saturated heterocycles. The molecule has 2 aromatic heterocycles. The van der Waals surface area contributed by atoms with Crippen LogP contribution in [0.1, 0.15) is 24.1 Å². The van der Waals surface area contributed by atoms with Gasteiger partial charge in [-0.2, -0.15) is 5.10 Å². The fraction of sp³-hybridized carbons (Fsp3) is 0.316. The summed E-state index contributed by atoms with van der Waals surface area (Å²) in [4.78, 5) is 43.0. The zero-order valence-corrected chi connectivity index (χ0v) is 15.9. The first-order chi connectivity index (χ1) is 12.7. The van der Waals surface area contributed by atoms with E-state index in [1.54, 1.807) is 4.68 Å². The van der Waals surface area contributed by atoms with E-state index < -0.39 is 23.3 Å². The molecule has 0 radical (unpaired) electrons. The zero-order valence-electron chi connectivity index (χ0n) is 15.9. The lowest BCUT2D eigenvalue weighted by Crippen LogP contribution is -2.40. The van der Waals surface area contributed by atoms with E-state index in [-0.39, 0.29) is 5.39 Å². The zero-order chi connectivity index (χ0) is 19.9. The number of benzene rings is 1. The first-order valence-electron chi connectivity index (χ1n) is 8.47. The van der Waals surface area contributed by atoms with Gasteiger partial charge in [-0.25, -0.2) is 9.67 Å². The summed E-state index contributed by atoms with van der Waals surface area (Å²) in [6.07, 6.45) is 2.65. The molecule has 0 aliphatic heterocycles. The standard InChI is InChI=1S/C19H21N5O3/c1-11-7-6-8-15(12(11)2)24-17-14(9-21-24)18(26)23(10-20-17)16(13(3)25)19(27)22(4)5/h6-10,16H,1-5H3/t16-/m1/s1. The molecule has 1 aromatic carbocycles. The SMILES string of the molecule is CC(=O)[C@H](C(=O)N(C)C)n1cnc2c(cnn2-c2cccc(C)c2C)c1=O. The maximum absolute atomic E-state index is 12.9. The number of likely N-dealkylation sites (N-methyl/N-ethyl adjacent to an activating group) is 1. The van der Waals surface area contributed by atoms with Crippen molar-refractivity contribution in [3.63, 3.8) is 0 Å². The van der Waals surface area contributed by atoms with Gasteiger partial charge in [-0.1, -0.05) is 12.1 Å². The molecule has 2 heterocycles. The molecule has 0 saturated carbocycles. The fourth-order valence-corrected chi connectivity index (χ4v) is 2.98. The average molecular weight is 367 g/mol. The lowest BCUT2D eigenvalue weighted by Gasteiger charge is -2.20. The summed E-state index contributed by atoms with van der Waals surface area (Å²) in [5.41, 5.74) is 2.84. The molecule has 0 fully saturated rings. The van der Waals surface area contributed by atoms with Crippen molar-refractivity contribution in [2.75, 3.05) is 14.1 Å². The molecule has 0 aliphatic carbocycles. The number of hydrogen-bond donors (Lipinski definition) is 0. The Morgan fingerprint density at radius 3 is 2.52 bits per heavy atom. The quantitative estimate of drug-likeness (QED) is 0.651. The molecular weight excluding hydrogens is 346 g/mol. The van der Waals surface area contributed by atoms with Crippen LogP contribution < -0.4 is 5.56 Å². The van der Waals surface area contributed by atoms with E-state index in [1.165, 1.54) is 38.4 Å². The van der Waals surface area contributed by atoms with Gasteiger partial charge in [-0.3, -0.25) is 19.0 Å². The van der Waals surface area contributed by atoms with Crippen molar-refractivity contribution in [3.8, 4) is 5.69 Å². The van der Waals surface area contributed by atoms with Crippen molar-refractivity contribution in [1.82, 2.24) is 24.2 Å². The van der Waals surface area contributed by atoms with Crippen LogP contribution in [0.5, 0.6) is 0 Å². The van der Waals surface area contributed by atoms with E-state index in [1.807, 2.05) is 32.0 Å². The van der Waals surface area contributed by atoms with Crippen LogP contribution >= 0.6 is 0 Å². The lowest BCUT2D eigenvalue weighted by molar-refractivity contribution is -0.137. The molecule has 1 amide bonds. The van der Waals surface area contributed by atoms with Gasteiger partial charge in [0.2, 0.25) is 0 Å². The van der Waals surface area contributed by atoms with E-state index in [9.17, 15) is 14.4 Å². The Kier molecular flexibility index (Phi) is 4.65. The van der Waals surface area contributed by atoms with Gasteiger partial charge in [0.25, 0.3) is 11.5 Å². The van der Waals surface area contributed by atoms with E-state index in [0.717, 1.165) is 21.4 Å². The molecule has 0 N–H and O–H groups in total. The van der Waals surface area contributed by atoms with Crippen LogP contribution in [0, 0.1) is 13.8 Å². The Labute approximate surface area is 156 Å². The molecule has 8 heteroatoms. The largest absolute Gasteiger partial charge is 0.347 e. The number of rotatable bonds is 4. The molecule has 1 atom stereocenters. The minimum atomic E-state index is -1.24. The van der Waals surface area contributed by atoms with Gasteiger partial charge in [-0.05, 0) is 38.0 Å². The number of Topliss-reactive ketones (excluding diaryl/α,β-unsaturated/α-hetero) is 1. The normalized spacial score (nSPS) is 12.2. The van der Waals surface area contributed by atoms with E-state index >= 15 is 0 Å². The number of nitrogens with zero attached hydrogens (tertiary/aromatic N) is 5. The first-order valence-corrected chi connectivity index (χ1v) is 8.47. The molecule has 3 aromatic rings. The van der Waals surface area contributed by atoms with Gasteiger partial charge in [0.1, 0.15) is 11.7 Å². The second-order valence-corrected chi connectivity index (χ2v) is 6.72. The summed E-state index contributed by atoms with van der Waals surface area (Å²) in [5.74, 6) is -0.911. The average Bonchev–Trinajstić information content (AvgIpc) is 3.03. The molecule has 0 bridgehead atoms. The minimum Gasteiger partial charge on any atom is -0.347 e. The van der Waals surface area contributed by atoms with Gasteiger partial charge in [-0.15, -0.1) is 0 Å². The highest BCUT2D eigenvalue weighted by molar-refractivity contribution is 6.02. The van der Waals surface area contributed by atoms with Crippen molar-refractivity contribution in [2.45, 2.75) is 26.8 Å². The van der Waals surface area contributed by atoms with Gasteiger partial charge >= 0.3 is 0 Å². The molecule has 8 nitrogen and oxygen atoms in total. The van der Waals surface area contributed by atoms with E-state index in [0.29, 0.717) is 5.65 Å². The predicted molar refractivity (Wildman–Crippen MR) is 101 cm³/mol. The van der Waals surface area contributed by atoms with Crippen molar-refractivity contribution < 1.29 is 9.59 Å². The third-order valence-corrected chi connectivity index (χ3v) is 4.66. The molecule has 0 aliphatic rings. The van der Waals surface area contributed by atoms with Crippen LogP contribution in [-0.2, 0) is 9.59 Å². The predicted octanol–water partition coefficient (Wildman–Crippen LogP) is 1.42. The van der Waals surface area contributed by atoms with Crippen molar-refractivity contribution in [1.29, 1.82) is 0 Å². The summed E-state index contributed by atoms with van der Waals surface area (Å²) < 4.78 is 2.67. The Morgan fingerprint density at radius 2 is 1.89 bits per heavy atom. The number of ketones is 1. The Balaban J connectivity index is 2.21. The minimum absolute atomic E-state index is 0.246. The highest BCUT2D eigenvalue weighted by atomic mass is 16.2. The maximum Gasteiger partial charge on any atom is 0.265 e. The molecule has 0 unspecified atom stereocenters. The van der Waals surface area contributed by atoms with Crippen LogP contribution in [0.4, 0.5) is 0 Å². The third-order valence-electron chi connectivity index (χ3n) is 4.66. The number of aromatic nitrogens is 4. The molecule has 3 rings (SSSR count). The van der Waals surface area contributed by atoms with Crippen molar-refractivity contribution >= 4 is 22.7 Å². The van der Waals surface area contributed by atoms with Gasteiger partial charge in [0.05, 0.1) is 11.9 Å². The number of hydrogen-bond acceptors (Lipinski definition) is 5. The number of carbonyl (C=O) groups is 2. The van der Waals surface area contributed by atoms with Crippen LogP contribution in [0.2, 0.25) is 0 Å². The highest BCUT2D eigenvalue weighted by Crippen LogP contribution is 2.20. The monoisotopic (exact) mass is 367 g/mol. The summed E-state index contributed by atoms with van der Waals surface area (Å²) in [6.45, 7) is 5.25. The molecular formula is C19H21N5O3. The van der Waals surface area contributed by atoms with Crippen molar-refractivity contribution in [3.05, 3.63) is 52.2 Å². The molecule has 140 valence electrons. The molecule has 0 spiro atoms. The summed E-state index contributed by atoms with van der Waals surface area (Å²) in [7, 11) is 3.07. The topological polar surface area (TPSA) is 90.1 Å². The third kappa shape index (κ3) is 3.03. The van der Waals surface area contributed by atoms with Crippen molar-refractivity contribution in [2.24, 2.45) is 0 Å². The van der Waals surface area contributed by atoms with Crippen LogP contribution in [0.3, 0.4) is 0 Å². The first kappa shape index (κ1) is 18.5. The number of carbonyl (C=O) groups excluding carboxylic acids is 2. The summed E-state index contributed by atoms with van der Waals surface area (Å²) in [5, 5.41) is 4.56. The van der Waals surface area contributed by atoms with Crippen LogP contribution in [0.25, 0.3) is 16.7 Å². The van der Waals surface area contributed by atoms with Crippen LogP contribution in [-0.4, -0.2) is 50.0 Å². The van der Waals surface area contributed by atoms with Gasteiger partial charge < -0.3 is 4.90 Å². The summed E-state index contributed by atoms with van der Waals surface area (Å²) >= 11 is 0. The number of fused-ring (bicyclic) bond motifs is 1. The fourth-order valence-electron chi connectivity index (χ4n) is 2.98. The van der Waals surface area contributed by atoms with Gasteiger partial charge in [0.15, 0.2) is 17.5 Å². The van der Waals surface area contributed by atoms with E-state index in [4.69, 9.17) is 0 Å². The number of amides is 1. The van der Waals surface area contributed by atoms with E-state index in [2.05, 4.69) is 10.1 Å². The second kappa shape index (κ2) is 6.79. The second-order valence-electron chi connectivity index (χ2n) is 6.72. The Morgan fingerprint density at radius 1 is 1.19 bits per heavy atom.